The SMILES string of the molecule is CC1CN(c2ncc(CNC3CC3)s2)CC1N(C)C. The Morgan fingerprint density at radius 1 is 1.42 bits per heavy atom. The number of aromatic nitrogens is 1. The number of thiazole rings is 1. The van der Waals surface area contributed by atoms with Gasteiger partial charge in [0.05, 0.1) is 0 Å². The van der Waals surface area contributed by atoms with Crippen molar-refractivity contribution in [2.24, 2.45) is 5.92 Å². The van der Waals surface area contributed by atoms with Gasteiger partial charge in [0.1, 0.15) is 0 Å². The van der Waals surface area contributed by atoms with E-state index in [9.17, 15) is 0 Å². The molecule has 3 rings (SSSR count). The van der Waals surface area contributed by atoms with Crippen LogP contribution in [0.5, 0.6) is 0 Å². The van der Waals surface area contributed by atoms with Crippen LogP contribution in [0.3, 0.4) is 0 Å². The lowest BCUT2D eigenvalue weighted by Crippen LogP contribution is -2.34. The maximum absolute atomic E-state index is 4.61. The van der Waals surface area contributed by atoms with Crippen LogP contribution in [0.25, 0.3) is 0 Å². The summed E-state index contributed by atoms with van der Waals surface area (Å²) in [6, 6.07) is 1.42. The molecule has 0 spiro atoms. The van der Waals surface area contributed by atoms with Crippen LogP contribution in [0.1, 0.15) is 24.6 Å². The van der Waals surface area contributed by atoms with Gasteiger partial charge in [0.2, 0.25) is 0 Å². The molecule has 0 bridgehead atoms. The van der Waals surface area contributed by atoms with E-state index in [-0.39, 0.29) is 0 Å². The second-order valence-corrected chi connectivity index (χ2v) is 7.27. The predicted molar refractivity (Wildman–Crippen MR) is 80.8 cm³/mol. The van der Waals surface area contributed by atoms with Gasteiger partial charge in [-0.15, -0.1) is 11.3 Å². The van der Waals surface area contributed by atoms with Crippen LogP contribution in [-0.2, 0) is 6.54 Å². The quantitative estimate of drug-likeness (QED) is 0.891. The van der Waals surface area contributed by atoms with Gasteiger partial charge < -0.3 is 15.1 Å². The molecule has 19 heavy (non-hydrogen) atoms. The predicted octanol–water partition coefficient (Wildman–Crippen LogP) is 1.78. The van der Waals surface area contributed by atoms with Crippen LogP contribution in [0.2, 0.25) is 0 Å². The Labute approximate surface area is 119 Å². The first-order valence-electron chi connectivity index (χ1n) is 7.23. The molecule has 1 aliphatic carbocycles. The van der Waals surface area contributed by atoms with E-state index < -0.39 is 0 Å². The highest BCUT2D eigenvalue weighted by atomic mass is 32.1. The van der Waals surface area contributed by atoms with Gasteiger partial charge >= 0.3 is 0 Å². The number of likely N-dealkylation sites (N-methyl/N-ethyl adjacent to an activating group) is 1. The largest absolute Gasteiger partial charge is 0.346 e. The highest BCUT2D eigenvalue weighted by Gasteiger charge is 2.32. The van der Waals surface area contributed by atoms with E-state index in [2.05, 4.69) is 41.1 Å². The first-order chi connectivity index (χ1) is 9.13. The van der Waals surface area contributed by atoms with Crippen molar-refractivity contribution >= 4 is 16.5 Å². The molecule has 1 N–H and O–H groups in total. The minimum atomic E-state index is 0.650. The summed E-state index contributed by atoms with van der Waals surface area (Å²) in [5.74, 6) is 0.715. The normalized spacial score (nSPS) is 27.5. The number of hydrogen-bond acceptors (Lipinski definition) is 5. The zero-order valence-electron chi connectivity index (χ0n) is 12.1. The molecule has 2 unspecified atom stereocenters. The summed E-state index contributed by atoms with van der Waals surface area (Å²) >= 11 is 1.85. The molecule has 2 atom stereocenters. The average Bonchev–Trinajstić information content (AvgIpc) is 2.93. The van der Waals surface area contributed by atoms with E-state index in [0.717, 1.165) is 25.7 Å². The lowest BCUT2D eigenvalue weighted by Gasteiger charge is -2.22. The highest BCUT2D eigenvalue weighted by Crippen LogP contribution is 2.30. The van der Waals surface area contributed by atoms with Crippen molar-refractivity contribution < 1.29 is 0 Å². The van der Waals surface area contributed by atoms with Crippen LogP contribution in [0, 0.1) is 5.92 Å². The molecule has 2 aliphatic rings. The van der Waals surface area contributed by atoms with Crippen molar-refractivity contribution in [1.82, 2.24) is 15.2 Å². The fraction of sp³-hybridized carbons (Fsp3) is 0.786. The van der Waals surface area contributed by atoms with Gasteiger partial charge in [-0.25, -0.2) is 4.98 Å². The molecular weight excluding hydrogens is 256 g/mol. The molecule has 1 saturated carbocycles. The van der Waals surface area contributed by atoms with E-state index in [1.54, 1.807) is 0 Å². The molecule has 5 heteroatoms. The Bertz CT molecular complexity index is 427. The Kier molecular flexibility index (Phi) is 3.78. The van der Waals surface area contributed by atoms with Crippen molar-refractivity contribution in [1.29, 1.82) is 0 Å². The zero-order chi connectivity index (χ0) is 13.4. The van der Waals surface area contributed by atoms with Crippen molar-refractivity contribution in [3.05, 3.63) is 11.1 Å². The molecule has 1 aromatic rings. The molecule has 1 aromatic heterocycles. The minimum absolute atomic E-state index is 0.650. The van der Waals surface area contributed by atoms with E-state index >= 15 is 0 Å². The van der Waals surface area contributed by atoms with Crippen molar-refractivity contribution in [2.75, 3.05) is 32.1 Å². The topological polar surface area (TPSA) is 31.4 Å². The first kappa shape index (κ1) is 13.3. The van der Waals surface area contributed by atoms with Crippen LogP contribution in [0.4, 0.5) is 5.13 Å². The number of anilines is 1. The lowest BCUT2D eigenvalue weighted by molar-refractivity contribution is 0.266. The summed E-state index contributed by atoms with van der Waals surface area (Å²) < 4.78 is 0. The van der Waals surface area contributed by atoms with Gasteiger partial charge in [0, 0.05) is 42.8 Å². The fourth-order valence-electron chi connectivity index (χ4n) is 2.84. The Hall–Kier alpha value is -0.650. The van der Waals surface area contributed by atoms with E-state index in [4.69, 9.17) is 0 Å². The van der Waals surface area contributed by atoms with Crippen molar-refractivity contribution in [3.63, 3.8) is 0 Å². The molecule has 1 saturated heterocycles. The molecule has 0 radical (unpaired) electrons. The zero-order valence-corrected chi connectivity index (χ0v) is 12.9. The molecule has 2 fully saturated rings. The monoisotopic (exact) mass is 280 g/mol. The number of nitrogens with zero attached hydrogens (tertiary/aromatic N) is 3. The summed E-state index contributed by atoms with van der Waals surface area (Å²) in [7, 11) is 4.36. The highest BCUT2D eigenvalue weighted by molar-refractivity contribution is 7.15. The van der Waals surface area contributed by atoms with Crippen LogP contribution >= 0.6 is 11.3 Å². The molecule has 4 nitrogen and oxygen atoms in total. The third kappa shape index (κ3) is 3.09. The lowest BCUT2D eigenvalue weighted by atomic mass is 10.1. The summed E-state index contributed by atoms with van der Waals surface area (Å²) in [5, 5.41) is 4.75. The van der Waals surface area contributed by atoms with Gasteiger partial charge in [-0.05, 0) is 32.9 Å². The Balaban J connectivity index is 1.59. The van der Waals surface area contributed by atoms with E-state index in [1.165, 1.54) is 22.9 Å². The second-order valence-electron chi connectivity index (χ2n) is 6.18. The second kappa shape index (κ2) is 5.38. The standard InChI is InChI=1S/C14H24N4S/c1-10-8-18(9-13(10)17(2)3)14-16-7-12(19-14)6-15-11-4-5-11/h7,10-11,13,15H,4-6,8-9H2,1-3H3. The average molecular weight is 280 g/mol. The van der Waals surface area contributed by atoms with Gasteiger partial charge in [-0.3, -0.25) is 0 Å². The molecule has 0 amide bonds. The molecule has 106 valence electrons. The third-order valence-electron chi connectivity index (χ3n) is 4.19. The van der Waals surface area contributed by atoms with Crippen LogP contribution < -0.4 is 10.2 Å². The van der Waals surface area contributed by atoms with Crippen LogP contribution in [-0.4, -0.2) is 49.2 Å². The molecular formula is C14H24N4S. The van der Waals surface area contributed by atoms with Crippen molar-refractivity contribution in [2.45, 2.75) is 38.4 Å². The summed E-state index contributed by atoms with van der Waals surface area (Å²) in [6.45, 7) is 5.57. The van der Waals surface area contributed by atoms with E-state index in [1.807, 2.05) is 17.5 Å². The van der Waals surface area contributed by atoms with Gasteiger partial charge in [0.15, 0.2) is 5.13 Å². The van der Waals surface area contributed by atoms with Gasteiger partial charge in [-0.1, -0.05) is 6.92 Å². The van der Waals surface area contributed by atoms with E-state index in [0.29, 0.717) is 12.0 Å². The number of hydrogen-bond donors (Lipinski definition) is 1. The summed E-state index contributed by atoms with van der Waals surface area (Å²) in [4.78, 5) is 10.8. The maximum atomic E-state index is 4.61. The van der Waals surface area contributed by atoms with Gasteiger partial charge in [0.25, 0.3) is 0 Å². The molecule has 0 aromatic carbocycles. The molecule has 1 aliphatic heterocycles. The Morgan fingerprint density at radius 2 is 2.21 bits per heavy atom. The Morgan fingerprint density at radius 3 is 2.84 bits per heavy atom. The molecule has 2 heterocycles. The maximum Gasteiger partial charge on any atom is 0.185 e. The third-order valence-corrected chi connectivity index (χ3v) is 5.25. The fourth-order valence-corrected chi connectivity index (χ4v) is 3.71. The summed E-state index contributed by atoms with van der Waals surface area (Å²) in [5.41, 5.74) is 0. The van der Waals surface area contributed by atoms with Crippen molar-refractivity contribution in [3.8, 4) is 0 Å². The minimum Gasteiger partial charge on any atom is -0.346 e. The summed E-state index contributed by atoms with van der Waals surface area (Å²) in [6.07, 6.45) is 4.74. The number of rotatable bonds is 5. The smallest absolute Gasteiger partial charge is 0.185 e. The first-order valence-corrected chi connectivity index (χ1v) is 8.04. The van der Waals surface area contributed by atoms with Gasteiger partial charge in [-0.2, -0.15) is 0 Å². The number of nitrogens with one attached hydrogen (secondary N) is 1. The van der Waals surface area contributed by atoms with Crippen LogP contribution in [0.15, 0.2) is 6.20 Å².